The predicted octanol–water partition coefficient (Wildman–Crippen LogP) is 2.35. The first kappa shape index (κ1) is 25.1. The first-order chi connectivity index (χ1) is 11.4. The Balaban J connectivity index is 0.00000312. The van der Waals surface area contributed by atoms with E-state index >= 15 is 0 Å². The van der Waals surface area contributed by atoms with E-state index in [1.54, 1.807) is 11.3 Å². The number of amides is 2. The SMILES string of the molecule is CCc1csc(C2CCCN(C(=O)CNC(=O)[C@@H](N)C(C)C)C2)n1.Cl.Cl. The summed E-state index contributed by atoms with van der Waals surface area (Å²) >= 11 is 1.68. The maximum atomic E-state index is 12.4. The standard InChI is InChI=1S/C17H28N4O2S.2ClH/c1-4-13-10-24-17(20-13)12-6-5-7-21(9-12)14(22)8-19-16(23)15(18)11(2)3;;/h10-12,15H,4-9,18H2,1-3H3,(H,19,23);2*1H/t12?,15-;;/m0../s1. The van der Waals surface area contributed by atoms with Gasteiger partial charge in [-0.2, -0.15) is 0 Å². The van der Waals surface area contributed by atoms with Crippen molar-refractivity contribution >= 4 is 48.0 Å². The van der Waals surface area contributed by atoms with Crippen molar-refractivity contribution in [3.05, 3.63) is 16.1 Å². The third-order valence-electron chi connectivity index (χ3n) is 4.49. The second kappa shape index (κ2) is 11.7. The number of nitrogens with one attached hydrogen (secondary N) is 1. The summed E-state index contributed by atoms with van der Waals surface area (Å²) in [6.45, 7) is 7.32. The minimum Gasteiger partial charge on any atom is -0.346 e. The summed E-state index contributed by atoms with van der Waals surface area (Å²) in [4.78, 5) is 30.8. The molecule has 1 aliphatic heterocycles. The van der Waals surface area contributed by atoms with Crippen molar-refractivity contribution in [1.29, 1.82) is 0 Å². The Morgan fingerprint density at radius 1 is 1.42 bits per heavy atom. The quantitative estimate of drug-likeness (QED) is 0.733. The van der Waals surface area contributed by atoms with Gasteiger partial charge >= 0.3 is 0 Å². The molecule has 1 unspecified atom stereocenters. The van der Waals surface area contributed by atoms with Gasteiger partial charge in [0.05, 0.1) is 23.3 Å². The van der Waals surface area contributed by atoms with Crippen molar-refractivity contribution < 1.29 is 9.59 Å². The monoisotopic (exact) mass is 424 g/mol. The minimum atomic E-state index is -0.574. The van der Waals surface area contributed by atoms with Gasteiger partial charge in [-0.1, -0.05) is 20.8 Å². The number of thiazole rings is 1. The van der Waals surface area contributed by atoms with Gasteiger partial charge in [-0.3, -0.25) is 9.59 Å². The summed E-state index contributed by atoms with van der Waals surface area (Å²) in [5, 5.41) is 5.88. The molecule has 0 aromatic carbocycles. The first-order valence-corrected chi connectivity index (χ1v) is 9.55. The Hall–Kier alpha value is -0.890. The van der Waals surface area contributed by atoms with Crippen LogP contribution in [0.15, 0.2) is 5.38 Å². The van der Waals surface area contributed by atoms with Crippen molar-refractivity contribution in [2.75, 3.05) is 19.6 Å². The van der Waals surface area contributed by atoms with E-state index < -0.39 is 6.04 Å². The molecule has 1 aliphatic rings. The molecule has 2 atom stereocenters. The lowest BCUT2D eigenvalue weighted by Crippen LogP contribution is -2.49. The Labute approximate surface area is 172 Å². The van der Waals surface area contributed by atoms with Crippen molar-refractivity contribution in [3.8, 4) is 0 Å². The predicted molar refractivity (Wildman–Crippen MR) is 110 cm³/mol. The number of hydrogen-bond donors (Lipinski definition) is 2. The van der Waals surface area contributed by atoms with Gasteiger partial charge < -0.3 is 16.0 Å². The van der Waals surface area contributed by atoms with E-state index in [1.165, 1.54) is 0 Å². The fourth-order valence-electron chi connectivity index (χ4n) is 2.77. The number of aryl methyl sites for hydroxylation is 1. The molecule has 26 heavy (non-hydrogen) atoms. The molecule has 0 radical (unpaired) electrons. The molecule has 9 heteroatoms. The lowest BCUT2D eigenvalue weighted by Gasteiger charge is -2.32. The van der Waals surface area contributed by atoms with Crippen LogP contribution in [0, 0.1) is 5.92 Å². The first-order valence-electron chi connectivity index (χ1n) is 8.67. The molecule has 6 nitrogen and oxygen atoms in total. The number of halogens is 2. The highest BCUT2D eigenvalue weighted by molar-refractivity contribution is 7.09. The molecule has 1 fully saturated rings. The number of nitrogens with zero attached hydrogens (tertiary/aromatic N) is 2. The summed E-state index contributed by atoms with van der Waals surface area (Å²) in [5.41, 5.74) is 6.91. The van der Waals surface area contributed by atoms with Gasteiger partial charge in [-0.15, -0.1) is 36.2 Å². The van der Waals surface area contributed by atoms with Gasteiger partial charge in [0.15, 0.2) is 0 Å². The van der Waals surface area contributed by atoms with Crippen LogP contribution in [0.25, 0.3) is 0 Å². The molecule has 2 amide bonds. The van der Waals surface area contributed by atoms with Gasteiger partial charge in [0.25, 0.3) is 0 Å². The average Bonchev–Trinajstić information content (AvgIpc) is 3.07. The van der Waals surface area contributed by atoms with E-state index in [4.69, 9.17) is 5.73 Å². The molecular weight excluding hydrogens is 395 g/mol. The van der Waals surface area contributed by atoms with Crippen molar-refractivity contribution in [2.24, 2.45) is 11.7 Å². The van der Waals surface area contributed by atoms with Crippen LogP contribution < -0.4 is 11.1 Å². The van der Waals surface area contributed by atoms with Gasteiger partial charge in [-0.25, -0.2) is 4.98 Å². The summed E-state index contributed by atoms with van der Waals surface area (Å²) < 4.78 is 0. The van der Waals surface area contributed by atoms with Gasteiger partial charge in [-0.05, 0) is 25.2 Å². The zero-order chi connectivity index (χ0) is 17.7. The smallest absolute Gasteiger partial charge is 0.241 e. The molecule has 150 valence electrons. The molecule has 1 saturated heterocycles. The fourth-order valence-corrected chi connectivity index (χ4v) is 3.80. The Bertz CT molecular complexity index is 583. The maximum Gasteiger partial charge on any atom is 0.241 e. The van der Waals surface area contributed by atoms with Crippen LogP contribution in [-0.4, -0.2) is 47.4 Å². The number of likely N-dealkylation sites (tertiary alicyclic amines) is 1. The van der Waals surface area contributed by atoms with Crippen LogP contribution in [0.1, 0.15) is 50.2 Å². The number of carbonyl (C=O) groups excluding carboxylic acids is 2. The van der Waals surface area contributed by atoms with Gasteiger partial charge in [0.2, 0.25) is 11.8 Å². The number of piperidine rings is 1. The van der Waals surface area contributed by atoms with Crippen LogP contribution in [0.2, 0.25) is 0 Å². The number of hydrogen-bond acceptors (Lipinski definition) is 5. The third-order valence-corrected chi connectivity index (χ3v) is 5.55. The average molecular weight is 425 g/mol. The lowest BCUT2D eigenvalue weighted by atomic mass is 9.98. The lowest BCUT2D eigenvalue weighted by molar-refractivity contribution is -0.134. The van der Waals surface area contributed by atoms with E-state index in [0.717, 1.165) is 36.5 Å². The Morgan fingerprint density at radius 3 is 2.69 bits per heavy atom. The Morgan fingerprint density at radius 2 is 2.12 bits per heavy atom. The summed E-state index contributed by atoms with van der Waals surface area (Å²) in [6.07, 6.45) is 2.97. The largest absolute Gasteiger partial charge is 0.346 e. The maximum absolute atomic E-state index is 12.4. The highest BCUT2D eigenvalue weighted by Crippen LogP contribution is 2.29. The summed E-state index contributed by atoms with van der Waals surface area (Å²) in [5.74, 6) is 0.0504. The second-order valence-electron chi connectivity index (χ2n) is 6.70. The van der Waals surface area contributed by atoms with Crippen molar-refractivity contribution in [2.45, 2.75) is 52.0 Å². The molecule has 3 N–H and O–H groups in total. The molecule has 1 aromatic rings. The van der Waals surface area contributed by atoms with E-state index in [-0.39, 0.29) is 49.1 Å². The zero-order valence-corrected chi connectivity index (χ0v) is 18.0. The van der Waals surface area contributed by atoms with Gasteiger partial charge in [0, 0.05) is 24.4 Å². The van der Waals surface area contributed by atoms with Crippen LogP contribution in [-0.2, 0) is 16.0 Å². The molecule has 0 spiro atoms. The number of rotatable bonds is 6. The zero-order valence-electron chi connectivity index (χ0n) is 15.6. The number of nitrogens with two attached hydrogens (primary N) is 1. The molecule has 0 saturated carbocycles. The van der Waals surface area contributed by atoms with Crippen LogP contribution in [0.5, 0.6) is 0 Å². The van der Waals surface area contributed by atoms with E-state index in [2.05, 4.69) is 22.6 Å². The molecule has 2 rings (SSSR count). The van der Waals surface area contributed by atoms with Gasteiger partial charge in [0.1, 0.15) is 0 Å². The molecule has 0 aliphatic carbocycles. The fraction of sp³-hybridized carbons (Fsp3) is 0.706. The van der Waals surface area contributed by atoms with Crippen molar-refractivity contribution in [3.63, 3.8) is 0 Å². The molecular formula is C17H30Cl2N4O2S. The van der Waals surface area contributed by atoms with E-state index in [0.29, 0.717) is 12.5 Å². The van der Waals surface area contributed by atoms with E-state index in [1.807, 2.05) is 18.7 Å². The number of carbonyl (C=O) groups is 2. The molecule has 2 heterocycles. The highest BCUT2D eigenvalue weighted by Gasteiger charge is 2.27. The van der Waals surface area contributed by atoms with Crippen LogP contribution in [0.3, 0.4) is 0 Å². The molecule has 1 aromatic heterocycles. The number of aromatic nitrogens is 1. The summed E-state index contributed by atoms with van der Waals surface area (Å²) in [7, 11) is 0. The normalized spacial score (nSPS) is 17.9. The van der Waals surface area contributed by atoms with Crippen molar-refractivity contribution in [1.82, 2.24) is 15.2 Å². The van der Waals surface area contributed by atoms with Crippen LogP contribution in [0.4, 0.5) is 0 Å². The van der Waals surface area contributed by atoms with Crippen LogP contribution >= 0.6 is 36.2 Å². The Kier molecular flexibility index (Phi) is 11.3. The summed E-state index contributed by atoms with van der Waals surface area (Å²) in [6, 6.07) is -0.574. The minimum absolute atomic E-state index is 0. The third kappa shape index (κ3) is 6.68. The topological polar surface area (TPSA) is 88.3 Å². The van der Waals surface area contributed by atoms with E-state index in [9.17, 15) is 9.59 Å². The highest BCUT2D eigenvalue weighted by atomic mass is 35.5. The molecule has 0 bridgehead atoms. The second-order valence-corrected chi connectivity index (χ2v) is 7.59.